The zero-order valence-corrected chi connectivity index (χ0v) is 16.0. The molecule has 0 bridgehead atoms. The molecule has 25 heavy (non-hydrogen) atoms. The number of likely N-dealkylation sites (N-methyl/N-ethyl adjacent to an activating group) is 1. The fourth-order valence-corrected chi connectivity index (χ4v) is 5.58. The summed E-state index contributed by atoms with van der Waals surface area (Å²) < 4.78 is 32.0. The lowest BCUT2D eigenvalue weighted by Gasteiger charge is -2.57. The second kappa shape index (κ2) is 7.70. The van der Waals surface area contributed by atoms with E-state index in [-0.39, 0.29) is 11.3 Å². The van der Waals surface area contributed by atoms with Gasteiger partial charge in [-0.15, -0.1) is 0 Å². The molecule has 0 amide bonds. The number of hydrogen-bond donors (Lipinski definition) is 0. The highest BCUT2D eigenvalue weighted by Crippen LogP contribution is 2.39. The first-order chi connectivity index (χ1) is 12.0. The quantitative estimate of drug-likeness (QED) is 0.734. The van der Waals surface area contributed by atoms with E-state index in [9.17, 15) is 8.42 Å². The average molecular weight is 368 g/mol. The van der Waals surface area contributed by atoms with E-state index in [4.69, 9.17) is 4.74 Å². The van der Waals surface area contributed by atoms with E-state index in [1.54, 1.807) is 10.5 Å². The summed E-state index contributed by atoms with van der Waals surface area (Å²) >= 11 is 0. The number of likely N-dealkylation sites (tertiary alicyclic amines) is 1. The van der Waals surface area contributed by atoms with Crippen LogP contribution < -0.4 is 0 Å². The molecule has 2 aliphatic rings. The lowest BCUT2D eigenvalue weighted by atomic mass is 9.77. The third kappa shape index (κ3) is 4.22. The highest BCUT2D eigenvalue weighted by Gasteiger charge is 2.52. The minimum absolute atomic E-state index is 0.00190. The molecule has 0 aliphatic carbocycles. The molecule has 0 N–H and O–H groups in total. The summed E-state index contributed by atoms with van der Waals surface area (Å²) in [4.78, 5) is 6.62. The Labute approximate surface area is 151 Å². The van der Waals surface area contributed by atoms with E-state index >= 15 is 0 Å². The van der Waals surface area contributed by atoms with E-state index in [1.807, 2.05) is 25.1 Å². The molecule has 7 heteroatoms. The van der Waals surface area contributed by atoms with Gasteiger partial charge in [-0.25, -0.2) is 8.42 Å². The van der Waals surface area contributed by atoms with Crippen LogP contribution in [0.3, 0.4) is 0 Å². The molecule has 2 fully saturated rings. The van der Waals surface area contributed by atoms with Gasteiger partial charge in [0.25, 0.3) is 0 Å². The Morgan fingerprint density at radius 3 is 2.84 bits per heavy atom. The Hall–Kier alpha value is -1.02. The molecule has 1 atom stereocenters. The van der Waals surface area contributed by atoms with E-state index in [0.29, 0.717) is 38.6 Å². The third-order valence-corrected chi connectivity index (χ3v) is 7.45. The monoisotopic (exact) mass is 367 g/mol. The van der Waals surface area contributed by atoms with Crippen LogP contribution in [0.25, 0.3) is 0 Å². The molecule has 0 saturated carbocycles. The van der Waals surface area contributed by atoms with Crippen molar-refractivity contribution in [2.45, 2.75) is 38.3 Å². The third-order valence-electron chi connectivity index (χ3n) is 5.48. The Kier molecular flexibility index (Phi) is 5.78. The van der Waals surface area contributed by atoms with Gasteiger partial charge in [0.15, 0.2) is 0 Å². The Balaban J connectivity index is 1.51. The van der Waals surface area contributed by atoms with Gasteiger partial charge < -0.3 is 4.74 Å². The van der Waals surface area contributed by atoms with Crippen LogP contribution in [0.1, 0.15) is 31.9 Å². The van der Waals surface area contributed by atoms with Crippen molar-refractivity contribution in [1.29, 1.82) is 0 Å². The molecule has 2 saturated heterocycles. The van der Waals surface area contributed by atoms with E-state index in [2.05, 4.69) is 16.9 Å². The summed E-state index contributed by atoms with van der Waals surface area (Å²) in [6.45, 7) is 5.42. The molecule has 140 valence electrons. The zero-order chi connectivity index (χ0) is 17.9. The summed E-state index contributed by atoms with van der Waals surface area (Å²) in [5.41, 5.74) is 0.948. The molecule has 2 aliphatic heterocycles. The van der Waals surface area contributed by atoms with Crippen LogP contribution in [0.2, 0.25) is 0 Å². The fourth-order valence-electron chi connectivity index (χ4n) is 3.93. The van der Waals surface area contributed by atoms with Crippen molar-refractivity contribution < 1.29 is 13.2 Å². The highest BCUT2D eigenvalue weighted by molar-refractivity contribution is 7.89. The Bertz CT molecular complexity index is 659. The molecule has 1 aromatic heterocycles. The molecule has 0 aromatic carbocycles. The van der Waals surface area contributed by atoms with Crippen LogP contribution >= 0.6 is 0 Å². The summed E-state index contributed by atoms with van der Waals surface area (Å²) in [5.74, 6) is 0.736. The maximum Gasteiger partial charge on any atom is 0.214 e. The predicted octanol–water partition coefficient (Wildman–Crippen LogP) is 1.73. The zero-order valence-electron chi connectivity index (χ0n) is 15.2. The van der Waals surface area contributed by atoms with Gasteiger partial charge in [-0.2, -0.15) is 4.31 Å². The van der Waals surface area contributed by atoms with Crippen LogP contribution in [0, 0.1) is 5.92 Å². The topological polar surface area (TPSA) is 62.7 Å². The maximum atomic E-state index is 12.2. The van der Waals surface area contributed by atoms with Crippen molar-refractivity contribution in [3.63, 3.8) is 0 Å². The standard InChI is InChI=1S/C18H29N3O3S/c1-3-10-25(22,23)21-14-18(15-21)11-16(7-9-20(18)2)12-24-13-17-6-4-5-8-19-17/h4-6,8,16H,3,7,9-15H2,1-2H3/t16-/m1/s1. The van der Waals surface area contributed by atoms with Gasteiger partial charge in [-0.05, 0) is 50.9 Å². The Morgan fingerprint density at radius 2 is 2.16 bits per heavy atom. The number of piperidine rings is 1. The number of ether oxygens (including phenoxy) is 1. The van der Waals surface area contributed by atoms with Gasteiger partial charge in [-0.1, -0.05) is 13.0 Å². The lowest BCUT2D eigenvalue weighted by molar-refractivity contribution is -0.0602. The SMILES string of the molecule is CCCS(=O)(=O)N1CC2(C[C@H](COCc3ccccn3)CCN2C)C1. The maximum absolute atomic E-state index is 12.2. The summed E-state index contributed by atoms with van der Waals surface area (Å²) in [5, 5.41) is 0. The van der Waals surface area contributed by atoms with Crippen LogP contribution in [0.4, 0.5) is 0 Å². The second-order valence-corrected chi connectivity index (χ2v) is 9.51. The first-order valence-corrected chi connectivity index (χ1v) is 10.7. The Morgan fingerprint density at radius 1 is 1.36 bits per heavy atom. The number of sulfonamides is 1. The van der Waals surface area contributed by atoms with Crippen LogP contribution in [-0.2, 0) is 21.4 Å². The minimum atomic E-state index is -3.08. The molecule has 3 heterocycles. The fraction of sp³-hybridized carbons (Fsp3) is 0.722. The largest absolute Gasteiger partial charge is 0.375 e. The molecule has 1 spiro atoms. The normalized spacial score (nSPS) is 24.3. The van der Waals surface area contributed by atoms with Crippen LogP contribution in [0.15, 0.2) is 24.4 Å². The summed E-state index contributed by atoms with van der Waals surface area (Å²) in [7, 11) is -0.956. The predicted molar refractivity (Wildman–Crippen MR) is 97.6 cm³/mol. The van der Waals surface area contributed by atoms with E-state index in [0.717, 1.165) is 25.1 Å². The van der Waals surface area contributed by atoms with Crippen LogP contribution in [0.5, 0.6) is 0 Å². The van der Waals surface area contributed by atoms with Crippen molar-refractivity contribution >= 4 is 10.0 Å². The summed E-state index contributed by atoms with van der Waals surface area (Å²) in [6.07, 6.45) is 4.56. The van der Waals surface area contributed by atoms with Crippen molar-refractivity contribution in [1.82, 2.24) is 14.2 Å². The van der Waals surface area contributed by atoms with Gasteiger partial charge in [0.1, 0.15) is 0 Å². The first kappa shape index (κ1) is 18.8. The van der Waals surface area contributed by atoms with Crippen molar-refractivity contribution in [2.75, 3.05) is 39.0 Å². The molecule has 1 aromatic rings. The molecule has 6 nitrogen and oxygen atoms in total. The lowest BCUT2D eigenvalue weighted by Crippen LogP contribution is -2.72. The number of pyridine rings is 1. The smallest absolute Gasteiger partial charge is 0.214 e. The average Bonchev–Trinajstić information content (AvgIpc) is 2.55. The second-order valence-electron chi connectivity index (χ2n) is 7.42. The van der Waals surface area contributed by atoms with Gasteiger partial charge >= 0.3 is 0 Å². The molecule has 3 rings (SSSR count). The van der Waals surface area contributed by atoms with Crippen LogP contribution in [-0.4, -0.2) is 67.2 Å². The number of hydrogen-bond acceptors (Lipinski definition) is 5. The van der Waals surface area contributed by atoms with E-state index in [1.165, 1.54) is 0 Å². The number of rotatable bonds is 7. The van der Waals surface area contributed by atoms with Gasteiger partial charge in [0.2, 0.25) is 10.0 Å². The van der Waals surface area contributed by atoms with Crippen molar-refractivity contribution in [2.24, 2.45) is 5.92 Å². The highest BCUT2D eigenvalue weighted by atomic mass is 32.2. The van der Waals surface area contributed by atoms with Gasteiger partial charge in [0, 0.05) is 24.8 Å². The first-order valence-electron chi connectivity index (χ1n) is 9.12. The molecular formula is C18H29N3O3S. The molecule has 0 unspecified atom stereocenters. The van der Waals surface area contributed by atoms with Gasteiger partial charge in [-0.3, -0.25) is 9.88 Å². The number of nitrogens with zero attached hydrogens (tertiary/aromatic N) is 3. The van der Waals surface area contributed by atoms with Crippen molar-refractivity contribution in [3.05, 3.63) is 30.1 Å². The van der Waals surface area contributed by atoms with Crippen molar-refractivity contribution in [3.8, 4) is 0 Å². The molecular weight excluding hydrogens is 338 g/mol. The van der Waals surface area contributed by atoms with Gasteiger partial charge in [0.05, 0.1) is 24.7 Å². The van der Waals surface area contributed by atoms with E-state index < -0.39 is 10.0 Å². The summed E-state index contributed by atoms with van der Waals surface area (Å²) in [6, 6.07) is 5.84. The molecule has 0 radical (unpaired) electrons. The number of aromatic nitrogens is 1. The minimum Gasteiger partial charge on any atom is -0.375 e.